The second-order valence-electron chi connectivity index (χ2n) is 13.5. The Hall–Kier alpha value is -6.83. The van der Waals surface area contributed by atoms with E-state index in [1.807, 2.05) is 0 Å². The molecule has 0 bridgehead atoms. The Morgan fingerprint density at radius 3 is 1.19 bits per heavy atom. The third-order valence-electron chi connectivity index (χ3n) is 10.4. The molecule has 9 aromatic carbocycles. The molecule has 0 aliphatic carbocycles. The van der Waals surface area contributed by atoms with Crippen molar-refractivity contribution in [3.8, 4) is 55.9 Å². The highest BCUT2D eigenvalue weighted by Gasteiger charge is 2.19. The van der Waals surface area contributed by atoms with Crippen molar-refractivity contribution < 1.29 is 0 Å². The largest absolute Gasteiger partial charge is 0.248 e. The number of aromatic nitrogens is 1. The molecular weight excluding hydrogens is 627 g/mol. The first-order chi connectivity index (χ1) is 25.8. The summed E-state index contributed by atoms with van der Waals surface area (Å²) in [7, 11) is 0. The predicted molar refractivity (Wildman–Crippen MR) is 221 cm³/mol. The third kappa shape index (κ3) is 5.23. The molecule has 0 spiro atoms. The van der Waals surface area contributed by atoms with Gasteiger partial charge in [0.05, 0.1) is 11.4 Å². The van der Waals surface area contributed by atoms with Gasteiger partial charge in [-0.3, -0.25) is 0 Å². The molecule has 0 saturated heterocycles. The van der Waals surface area contributed by atoms with Crippen molar-refractivity contribution in [2.45, 2.75) is 0 Å². The molecule has 0 saturated carbocycles. The van der Waals surface area contributed by atoms with Crippen molar-refractivity contribution >= 4 is 43.1 Å². The maximum Gasteiger partial charge on any atom is 0.0715 e. The monoisotopic (exact) mass is 659 g/mol. The first-order valence-corrected chi connectivity index (χ1v) is 17.9. The van der Waals surface area contributed by atoms with E-state index in [0.717, 1.165) is 33.6 Å². The number of rotatable bonds is 5. The highest BCUT2D eigenvalue weighted by Crippen LogP contribution is 2.46. The molecule has 0 amide bonds. The van der Waals surface area contributed by atoms with E-state index in [2.05, 4.69) is 200 Å². The van der Waals surface area contributed by atoms with Gasteiger partial charge in [-0.1, -0.05) is 170 Å². The normalized spacial score (nSPS) is 11.5. The van der Waals surface area contributed by atoms with Crippen LogP contribution < -0.4 is 0 Å². The average molecular weight is 660 g/mol. The summed E-state index contributed by atoms with van der Waals surface area (Å²) in [5.41, 5.74) is 11.4. The Morgan fingerprint density at radius 1 is 0.231 bits per heavy atom. The smallest absolute Gasteiger partial charge is 0.0715 e. The first-order valence-electron chi connectivity index (χ1n) is 17.9. The minimum atomic E-state index is 0.960. The van der Waals surface area contributed by atoms with Crippen molar-refractivity contribution in [1.82, 2.24) is 4.98 Å². The van der Waals surface area contributed by atoms with E-state index < -0.39 is 0 Å². The molecule has 0 aliphatic heterocycles. The third-order valence-corrected chi connectivity index (χ3v) is 10.4. The van der Waals surface area contributed by atoms with Crippen LogP contribution in [0.15, 0.2) is 200 Å². The zero-order chi connectivity index (χ0) is 34.4. The second kappa shape index (κ2) is 12.5. The van der Waals surface area contributed by atoms with Gasteiger partial charge in [0.1, 0.15) is 0 Å². The van der Waals surface area contributed by atoms with Crippen molar-refractivity contribution in [2.75, 3.05) is 0 Å². The van der Waals surface area contributed by atoms with Crippen LogP contribution in [0.1, 0.15) is 0 Å². The summed E-state index contributed by atoms with van der Waals surface area (Å²) in [4.78, 5) is 5.18. The van der Waals surface area contributed by atoms with Crippen molar-refractivity contribution in [3.63, 3.8) is 0 Å². The average Bonchev–Trinajstić information content (AvgIpc) is 3.22. The second-order valence-corrected chi connectivity index (χ2v) is 13.5. The van der Waals surface area contributed by atoms with Gasteiger partial charge in [-0.15, -0.1) is 0 Å². The van der Waals surface area contributed by atoms with E-state index in [-0.39, 0.29) is 0 Å². The summed E-state index contributed by atoms with van der Waals surface area (Å²) in [6, 6.07) is 72.5. The number of nitrogens with zero attached hydrogens (tertiary/aromatic N) is 1. The van der Waals surface area contributed by atoms with Gasteiger partial charge in [-0.05, 0) is 107 Å². The van der Waals surface area contributed by atoms with Crippen LogP contribution in [-0.4, -0.2) is 4.98 Å². The predicted octanol–water partition coefficient (Wildman–Crippen LogP) is 14.0. The zero-order valence-electron chi connectivity index (χ0n) is 28.5. The Bertz CT molecular complexity index is 2880. The van der Waals surface area contributed by atoms with E-state index in [1.165, 1.54) is 65.3 Å². The molecule has 0 aliphatic rings. The Kier molecular flexibility index (Phi) is 7.22. The van der Waals surface area contributed by atoms with E-state index >= 15 is 0 Å². The molecule has 1 heteroatoms. The summed E-state index contributed by atoms with van der Waals surface area (Å²) in [6.45, 7) is 0. The fraction of sp³-hybridized carbons (Fsp3) is 0. The van der Waals surface area contributed by atoms with Crippen LogP contribution >= 0.6 is 0 Å². The molecule has 0 fully saturated rings. The Balaban J connectivity index is 1.29. The van der Waals surface area contributed by atoms with Gasteiger partial charge in [0.15, 0.2) is 0 Å². The van der Waals surface area contributed by atoms with Gasteiger partial charge in [0.25, 0.3) is 0 Å². The van der Waals surface area contributed by atoms with Crippen LogP contribution in [0.4, 0.5) is 0 Å². The molecule has 0 N–H and O–H groups in total. The molecule has 0 radical (unpaired) electrons. The van der Waals surface area contributed by atoms with Gasteiger partial charge >= 0.3 is 0 Å². The van der Waals surface area contributed by atoms with E-state index in [9.17, 15) is 0 Å². The van der Waals surface area contributed by atoms with Crippen LogP contribution in [0.5, 0.6) is 0 Å². The summed E-state index contributed by atoms with van der Waals surface area (Å²) in [5.74, 6) is 0. The number of hydrogen-bond donors (Lipinski definition) is 0. The van der Waals surface area contributed by atoms with Gasteiger partial charge in [0.2, 0.25) is 0 Å². The van der Waals surface area contributed by atoms with Crippen LogP contribution in [0.25, 0.3) is 99.0 Å². The molecule has 10 aromatic rings. The maximum absolute atomic E-state index is 5.18. The first kappa shape index (κ1) is 30.0. The zero-order valence-corrected chi connectivity index (χ0v) is 28.5. The summed E-state index contributed by atoms with van der Waals surface area (Å²) in [5, 5.41) is 9.93. The lowest BCUT2D eigenvalue weighted by Crippen LogP contribution is -1.93. The van der Waals surface area contributed by atoms with Crippen molar-refractivity contribution in [1.29, 1.82) is 0 Å². The summed E-state index contributed by atoms with van der Waals surface area (Å²) < 4.78 is 0. The molecule has 0 atom stereocenters. The maximum atomic E-state index is 5.18. The van der Waals surface area contributed by atoms with Crippen LogP contribution in [0, 0.1) is 0 Å². The minimum Gasteiger partial charge on any atom is -0.248 e. The molecule has 1 heterocycles. The van der Waals surface area contributed by atoms with Crippen LogP contribution in [0.2, 0.25) is 0 Å². The van der Waals surface area contributed by atoms with E-state index in [0.29, 0.717) is 0 Å². The molecular formula is C51H33N. The molecule has 10 rings (SSSR count). The molecule has 1 aromatic heterocycles. The molecule has 52 heavy (non-hydrogen) atoms. The number of hydrogen-bond acceptors (Lipinski definition) is 1. The van der Waals surface area contributed by atoms with Crippen molar-refractivity contribution in [3.05, 3.63) is 200 Å². The van der Waals surface area contributed by atoms with Crippen LogP contribution in [0.3, 0.4) is 0 Å². The number of pyridine rings is 1. The Labute approximate surface area is 303 Å². The van der Waals surface area contributed by atoms with Gasteiger partial charge in [-0.25, -0.2) is 4.98 Å². The SMILES string of the molecule is c1ccc(-c2cc(-c3ccc4c(-c5ccc6ccccc6c5)c5ccccc5c(-c5ccc6ccccc6c5)c4c3)cc(-c3ccccc3)n2)cc1. The molecule has 1 nitrogen and oxygen atoms in total. The standard InChI is InChI=1S/C51H33N/c1-3-15-36(16-4-1)48-32-43(33-49(52-48)37-17-5-2-6-18-37)40-27-28-46-47(31-40)51(42-26-24-35-14-8-10-20-39(35)30-42)45-22-12-11-21-44(45)50(46)41-25-23-34-13-7-9-19-38(34)29-41/h1-33H. The van der Waals surface area contributed by atoms with Gasteiger partial charge < -0.3 is 0 Å². The molecule has 242 valence electrons. The highest BCUT2D eigenvalue weighted by atomic mass is 14.7. The van der Waals surface area contributed by atoms with Crippen LogP contribution in [-0.2, 0) is 0 Å². The van der Waals surface area contributed by atoms with Crippen molar-refractivity contribution in [2.24, 2.45) is 0 Å². The summed E-state index contributed by atoms with van der Waals surface area (Å²) >= 11 is 0. The lowest BCUT2D eigenvalue weighted by Gasteiger charge is -2.19. The summed E-state index contributed by atoms with van der Waals surface area (Å²) in [6.07, 6.45) is 0. The van der Waals surface area contributed by atoms with E-state index in [1.54, 1.807) is 0 Å². The quantitative estimate of drug-likeness (QED) is 0.168. The topological polar surface area (TPSA) is 12.9 Å². The fourth-order valence-electron chi connectivity index (χ4n) is 7.88. The number of fused-ring (bicyclic) bond motifs is 4. The highest BCUT2D eigenvalue weighted by molar-refractivity contribution is 6.22. The van der Waals surface area contributed by atoms with E-state index in [4.69, 9.17) is 4.98 Å². The number of benzene rings is 9. The van der Waals surface area contributed by atoms with Gasteiger partial charge in [-0.2, -0.15) is 0 Å². The minimum absolute atomic E-state index is 0.960. The lowest BCUT2D eigenvalue weighted by molar-refractivity contribution is 1.32. The fourth-order valence-corrected chi connectivity index (χ4v) is 7.88. The molecule has 0 unspecified atom stereocenters. The lowest BCUT2D eigenvalue weighted by atomic mass is 9.84. The van der Waals surface area contributed by atoms with Gasteiger partial charge in [0, 0.05) is 11.1 Å². The Morgan fingerprint density at radius 2 is 0.654 bits per heavy atom.